The fourth-order valence-corrected chi connectivity index (χ4v) is 4.27. The second-order valence-electron chi connectivity index (χ2n) is 6.08. The van der Waals surface area contributed by atoms with E-state index in [1.165, 1.54) is 16.7 Å². The van der Waals surface area contributed by atoms with Crippen molar-refractivity contribution in [3.63, 3.8) is 0 Å². The number of amidine groups is 1. The molecule has 2 amide bonds. The minimum atomic E-state index is -0.521. The molecule has 0 spiro atoms. The molecule has 1 fully saturated rings. The summed E-state index contributed by atoms with van der Waals surface area (Å²) in [5.74, 6) is 0.910. The monoisotopic (exact) mass is 509 g/mol. The second-order valence-corrected chi connectivity index (χ2v) is 8.51. The number of carbonyl (C=O) groups excluding carboxylic acids is 2. The maximum absolute atomic E-state index is 12.8. The number of thioether (sulfide) groups is 1. The number of carbonyl (C=O) groups is 2. The van der Waals surface area contributed by atoms with Crippen LogP contribution >= 0.6 is 34.4 Å². The first-order valence-electron chi connectivity index (χ1n) is 8.47. The number of halogens is 1. The lowest BCUT2D eigenvalue weighted by molar-refractivity contribution is -0.121. The molecule has 2 aromatic carbocycles. The molecule has 2 aliphatic heterocycles. The van der Waals surface area contributed by atoms with E-state index in [2.05, 4.69) is 32.9 Å². The van der Waals surface area contributed by atoms with Crippen LogP contribution in [-0.4, -0.2) is 36.1 Å². The summed E-state index contributed by atoms with van der Waals surface area (Å²) >= 11 is 3.43. The zero-order valence-electron chi connectivity index (χ0n) is 14.8. The quantitative estimate of drug-likeness (QED) is 0.296. The molecule has 1 saturated heterocycles. The number of amides is 2. The lowest BCUT2D eigenvalue weighted by Gasteiger charge is -2.16. The summed E-state index contributed by atoms with van der Waals surface area (Å²) < 4.78 is 11.7. The Bertz CT molecular complexity index is 964. The Labute approximate surface area is 179 Å². The zero-order valence-corrected chi connectivity index (χ0v) is 17.8. The van der Waals surface area contributed by atoms with E-state index in [0.29, 0.717) is 22.4 Å². The molecule has 0 radical (unpaired) electrons. The summed E-state index contributed by atoms with van der Waals surface area (Å²) in [7, 11) is 1.64. The van der Waals surface area contributed by atoms with Crippen molar-refractivity contribution in [1.29, 1.82) is 0 Å². The minimum absolute atomic E-state index is 0.136. The van der Waals surface area contributed by atoms with Crippen LogP contribution in [-0.2, 0) is 9.59 Å². The number of imide groups is 1. The van der Waals surface area contributed by atoms with Crippen molar-refractivity contribution in [1.82, 2.24) is 0 Å². The molecule has 0 bridgehead atoms. The Hall–Kier alpha value is -2.27. The van der Waals surface area contributed by atoms with Crippen molar-refractivity contribution in [2.45, 2.75) is 11.7 Å². The summed E-state index contributed by atoms with van der Waals surface area (Å²) in [4.78, 5) is 30.7. The molecule has 1 atom stereocenters. The van der Waals surface area contributed by atoms with E-state index in [1.54, 1.807) is 19.2 Å². The normalized spacial score (nSPS) is 18.7. The van der Waals surface area contributed by atoms with E-state index in [9.17, 15) is 9.59 Å². The van der Waals surface area contributed by atoms with Gasteiger partial charge in [-0.1, -0.05) is 11.8 Å². The summed E-state index contributed by atoms with van der Waals surface area (Å²) in [5.41, 5.74) is 1.36. The molecule has 2 aromatic rings. The number of hydrogen-bond donors (Lipinski definition) is 1. The van der Waals surface area contributed by atoms with Crippen LogP contribution in [0.15, 0.2) is 47.5 Å². The molecule has 9 heteroatoms. The van der Waals surface area contributed by atoms with Crippen LogP contribution in [0.25, 0.3) is 0 Å². The van der Waals surface area contributed by atoms with Crippen molar-refractivity contribution in [2.75, 3.05) is 24.1 Å². The lowest BCUT2D eigenvalue weighted by atomic mass is 10.3. The van der Waals surface area contributed by atoms with Gasteiger partial charge in [0.25, 0.3) is 0 Å². The van der Waals surface area contributed by atoms with Crippen molar-refractivity contribution in [3.05, 3.63) is 46.0 Å². The molecule has 0 aromatic heterocycles. The van der Waals surface area contributed by atoms with Crippen LogP contribution in [0.2, 0.25) is 0 Å². The fourth-order valence-electron chi connectivity index (χ4n) is 2.93. The van der Waals surface area contributed by atoms with Gasteiger partial charge >= 0.3 is 0 Å². The molecule has 7 nitrogen and oxygen atoms in total. The number of benzene rings is 2. The van der Waals surface area contributed by atoms with Crippen LogP contribution in [0, 0.1) is 3.57 Å². The number of rotatable bonds is 3. The predicted octanol–water partition coefficient (Wildman–Crippen LogP) is 3.48. The molecule has 1 N–H and O–H groups in total. The molecule has 2 aliphatic rings. The highest BCUT2D eigenvalue weighted by atomic mass is 127. The number of nitrogens with one attached hydrogen (secondary N) is 1. The molecule has 0 unspecified atom stereocenters. The standard InChI is InChI=1S/C19H16IN3O4S/c1-21-19(22-12-4-7-14-15(8-12)27-10-26-14)28-16-9-17(24)23(18(16)25)13-5-2-11(20)3-6-13/h2-8,16H,9-10H2,1H3,(H,21,22)/t16-/m1/s1. The SMILES string of the molecule is CN=C(Nc1ccc2c(c1)OCO2)S[C@@H]1CC(=O)N(c2ccc(I)cc2)C1=O. The van der Waals surface area contributed by atoms with Gasteiger partial charge in [-0.25, -0.2) is 4.90 Å². The van der Waals surface area contributed by atoms with Gasteiger partial charge in [-0.05, 0) is 59.0 Å². The second kappa shape index (κ2) is 8.00. The summed E-state index contributed by atoms with van der Waals surface area (Å²) in [5, 5.41) is 3.21. The lowest BCUT2D eigenvalue weighted by Crippen LogP contribution is -2.31. The van der Waals surface area contributed by atoms with Crippen LogP contribution in [0.3, 0.4) is 0 Å². The van der Waals surface area contributed by atoms with Gasteiger partial charge in [0.1, 0.15) is 5.25 Å². The van der Waals surface area contributed by atoms with Gasteiger partial charge in [0, 0.05) is 28.8 Å². The van der Waals surface area contributed by atoms with Gasteiger partial charge in [0.05, 0.1) is 5.69 Å². The molecule has 0 aliphatic carbocycles. The average molecular weight is 509 g/mol. The Morgan fingerprint density at radius 1 is 1.18 bits per heavy atom. The predicted molar refractivity (Wildman–Crippen MR) is 117 cm³/mol. The number of aliphatic imine (C=N–C) groups is 1. The van der Waals surface area contributed by atoms with E-state index in [-0.39, 0.29) is 25.0 Å². The van der Waals surface area contributed by atoms with Gasteiger partial charge in [-0.15, -0.1) is 0 Å². The third-order valence-electron chi connectivity index (χ3n) is 4.27. The Morgan fingerprint density at radius 2 is 1.93 bits per heavy atom. The molecule has 4 rings (SSSR count). The summed E-state index contributed by atoms with van der Waals surface area (Å²) in [6.45, 7) is 0.204. The maximum atomic E-state index is 12.8. The average Bonchev–Trinajstić information content (AvgIpc) is 3.26. The Morgan fingerprint density at radius 3 is 2.68 bits per heavy atom. The number of ether oxygens (including phenoxy) is 2. The van der Waals surface area contributed by atoms with E-state index in [1.807, 2.05) is 30.3 Å². The van der Waals surface area contributed by atoms with Crippen molar-refractivity contribution >= 4 is 62.7 Å². The first kappa shape index (κ1) is 19.1. The number of anilines is 2. The maximum Gasteiger partial charge on any atom is 0.247 e. The first-order chi connectivity index (χ1) is 13.5. The smallest absolute Gasteiger partial charge is 0.247 e. The van der Waals surface area contributed by atoms with Gasteiger partial charge in [-0.3, -0.25) is 14.6 Å². The molecular weight excluding hydrogens is 493 g/mol. The first-order valence-corrected chi connectivity index (χ1v) is 10.4. The fraction of sp³-hybridized carbons (Fsp3) is 0.211. The topological polar surface area (TPSA) is 80.2 Å². The van der Waals surface area contributed by atoms with E-state index < -0.39 is 5.25 Å². The Kier molecular flexibility index (Phi) is 5.44. The highest BCUT2D eigenvalue weighted by Gasteiger charge is 2.40. The van der Waals surface area contributed by atoms with Crippen molar-refractivity contribution in [2.24, 2.45) is 4.99 Å². The zero-order chi connectivity index (χ0) is 19.7. The summed E-state index contributed by atoms with van der Waals surface area (Å²) in [6, 6.07) is 12.8. The van der Waals surface area contributed by atoms with Crippen LogP contribution in [0.1, 0.15) is 6.42 Å². The number of nitrogens with zero attached hydrogens (tertiary/aromatic N) is 2. The van der Waals surface area contributed by atoms with Crippen LogP contribution < -0.4 is 19.7 Å². The largest absolute Gasteiger partial charge is 0.454 e. The highest BCUT2D eigenvalue weighted by Crippen LogP contribution is 2.35. The van der Waals surface area contributed by atoms with Gasteiger partial charge in [0.2, 0.25) is 18.6 Å². The molecule has 28 heavy (non-hydrogen) atoms. The van der Waals surface area contributed by atoms with Gasteiger partial charge < -0.3 is 14.8 Å². The minimum Gasteiger partial charge on any atom is -0.454 e. The summed E-state index contributed by atoms with van der Waals surface area (Å²) in [6.07, 6.45) is 0.136. The third kappa shape index (κ3) is 3.81. The highest BCUT2D eigenvalue weighted by molar-refractivity contribution is 14.1. The Balaban J connectivity index is 1.46. The van der Waals surface area contributed by atoms with Gasteiger partial charge in [-0.2, -0.15) is 0 Å². The van der Waals surface area contributed by atoms with Crippen LogP contribution in [0.4, 0.5) is 11.4 Å². The molecular formula is C19H16IN3O4S. The molecule has 0 saturated carbocycles. The third-order valence-corrected chi connectivity index (χ3v) is 6.15. The van der Waals surface area contributed by atoms with Crippen LogP contribution in [0.5, 0.6) is 11.5 Å². The van der Waals surface area contributed by atoms with E-state index in [0.717, 1.165) is 9.26 Å². The molecule has 2 heterocycles. The molecule has 144 valence electrons. The number of hydrogen-bond acceptors (Lipinski definition) is 6. The van der Waals surface area contributed by atoms with E-state index >= 15 is 0 Å². The van der Waals surface area contributed by atoms with Gasteiger partial charge in [0.15, 0.2) is 16.7 Å². The van der Waals surface area contributed by atoms with Crippen molar-refractivity contribution < 1.29 is 19.1 Å². The number of fused-ring (bicyclic) bond motifs is 1. The van der Waals surface area contributed by atoms with Crippen molar-refractivity contribution in [3.8, 4) is 11.5 Å². The van der Waals surface area contributed by atoms with E-state index in [4.69, 9.17) is 9.47 Å².